The van der Waals surface area contributed by atoms with Gasteiger partial charge < -0.3 is 10.6 Å². The molecule has 2 aromatic carbocycles. The number of rotatable bonds is 6. The maximum atomic E-state index is 12.7. The molecule has 0 bridgehead atoms. The third kappa shape index (κ3) is 5.72. The van der Waals surface area contributed by atoms with Gasteiger partial charge in [-0.1, -0.05) is 35.9 Å². The molecule has 1 saturated heterocycles. The summed E-state index contributed by atoms with van der Waals surface area (Å²) in [5.74, 6) is -0.0501. The van der Waals surface area contributed by atoms with E-state index in [0.29, 0.717) is 31.1 Å². The molecular formula is C21H23ClF3N3O. The lowest BCUT2D eigenvalue weighted by molar-refractivity contribution is -0.137. The molecule has 0 radical (unpaired) electrons. The number of hydrogen-bond donors (Lipinski definition) is 2. The highest BCUT2D eigenvalue weighted by Gasteiger charge is 2.36. The fraction of sp³-hybridized carbons (Fsp3) is 0.381. The van der Waals surface area contributed by atoms with Crippen LogP contribution in [-0.2, 0) is 24.1 Å². The highest BCUT2D eigenvalue weighted by atomic mass is 35.5. The first-order chi connectivity index (χ1) is 13.8. The molecule has 0 unspecified atom stereocenters. The molecule has 0 saturated carbocycles. The number of amides is 1. The van der Waals surface area contributed by atoms with Crippen molar-refractivity contribution >= 4 is 17.5 Å². The van der Waals surface area contributed by atoms with E-state index < -0.39 is 11.7 Å². The van der Waals surface area contributed by atoms with Crippen molar-refractivity contribution in [2.75, 3.05) is 13.6 Å². The summed E-state index contributed by atoms with van der Waals surface area (Å²) in [5, 5.41) is 6.72. The SMILES string of the molecule is CNC(=O)[C@@H]1C[C@@H](NCc2ccc(C(F)(F)F)cc2)CN1Cc1cccc(Cl)c1. The van der Waals surface area contributed by atoms with E-state index in [1.54, 1.807) is 13.1 Å². The molecule has 3 rings (SSSR count). The van der Waals surface area contributed by atoms with Gasteiger partial charge in [-0.25, -0.2) is 0 Å². The number of nitrogens with zero attached hydrogens (tertiary/aromatic N) is 1. The predicted octanol–water partition coefficient (Wildman–Crippen LogP) is 3.84. The lowest BCUT2D eigenvalue weighted by Crippen LogP contribution is -2.41. The van der Waals surface area contributed by atoms with E-state index in [2.05, 4.69) is 15.5 Å². The summed E-state index contributed by atoms with van der Waals surface area (Å²) < 4.78 is 38.0. The highest BCUT2D eigenvalue weighted by Crippen LogP contribution is 2.29. The normalized spacial score (nSPS) is 20.0. The summed E-state index contributed by atoms with van der Waals surface area (Å²) in [5.41, 5.74) is 1.13. The number of likely N-dealkylation sites (N-methyl/N-ethyl adjacent to an activating group) is 1. The van der Waals surface area contributed by atoms with Crippen LogP contribution >= 0.6 is 11.6 Å². The van der Waals surface area contributed by atoms with Crippen molar-refractivity contribution in [3.8, 4) is 0 Å². The molecule has 2 atom stereocenters. The second kappa shape index (κ2) is 9.15. The van der Waals surface area contributed by atoms with Crippen LogP contribution in [-0.4, -0.2) is 36.5 Å². The van der Waals surface area contributed by atoms with Crippen LogP contribution in [0.15, 0.2) is 48.5 Å². The average Bonchev–Trinajstić information content (AvgIpc) is 3.08. The molecule has 2 aromatic rings. The van der Waals surface area contributed by atoms with Gasteiger partial charge in [0, 0.05) is 37.7 Å². The van der Waals surface area contributed by atoms with Gasteiger partial charge in [0.05, 0.1) is 11.6 Å². The van der Waals surface area contributed by atoms with Gasteiger partial charge in [0.25, 0.3) is 0 Å². The number of hydrogen-bond acceptors (Lipinski definition) is 3. The fourth-order valence-electron chi connectivity index (χ4n) is 3.61. The van der Waals surface area contributed by atoms with Gasteiger partial charge in [0.1, 0.15) is 0 Å². The van der Waals surface area contributed by atoms with Gasteiger partial charge in [0.15, 0.2) is 0 Å². The summed E-state index contributed by atoms with van der Waals surface area (Å²) in [6.45, 7) is 1.69. The smallest absolute Gasteiger partial charge is 0.358 e. The minimum absolute atomic E-state index is 0.0501. The predicted molar refractivity (Wildman–Crippen MR) is 106 cm³/mol. The Morgan fingerprint density at radius 2 is 1.90 bits per heavy atom. The molecule has 2 N–H and O–H groups in total. The Morgan fingerprint density at radius 1 is 1.17 bits per heavy atom. The quantitative estimate of drug-likeness (QED) is 0.739. The van der Waals surface area contributed by atoms with Gasteiger partial charge in [-0.15, -0.1) is 0 Å². The summed E-state index contributed by atoms with van der Waals surface area (Å²) in [7, 11) is 1.61. The van der Waals surface area contributed by atoms with Gasteiger partial charge in [-0.2, -0.15) is 13.2 Å². The molecule has 156 valence electrons. The molecule has 1 heterocycles. The van der Waals surface area contributed by atoms with Gasteiger partial charge in [-0.05, 0) is 41.8 Å². The van der Waals surface area contributed by atoms with Crippen molar-refractivity contribution in [2.24, 2.45) is 0 Å². The third-order valence-electron chi connectivity index (χ3n) is 5.10. The zero-order valence-electron chi connectivity index (χ0n) is 16.0. The molecule has 29 heavy (non-hydrogen) atoms. The van der Waals surface area contributed by atoms with E-state index in [1.807, 2.05) is 18.2 Å². The summed E-state index contributed by atoms with van der Waals surface area (Å²) in [6.07, 6.45) is -3.71. The number of carbonyl (C=O) groups is 1. The van der Waals surface area contributed by atoms with Gasteiger partial charge >= 0.3 is 6.18 Å². The van der Waals surface area contributed by atoms with Crippen molar-refractivity contribution in [3.05, 3.63) is 70.2 Å². The second-order valence-electron chi connectivity index (χ2n) is 7.20. The first-order valence-electron chi connectivity index (χ1n) is 9.36. The molecule has 1 aliphatic heterocycles. The van der Waals surface area contributed by atoms with Crippen LogP contribution in [0.1, 0.15) is 23.1 Å². The van der Waals surface area contributed by atoms with Gasteiger partial charge in [-0.3, -0.25) is 9.69 Å². The third-order valence-corrected chi connectivity index (χ3v) is 5.34. The number of carbonyl (C=O) groups excluding carboxylic acids is 1. The Kier molecular flexibility index (Phi) is 6.82. The van der Waals surface area contributed by atoms with E-state index >= 15 is 0 Å². The van der Waals surface area contributed by atoms with Crippen LogP contribution in [0, 0.1) is 0 Å². The van der Waals surface area contributed by atoms with Crippen molar-refractivity contribution in [3.63, 3.8) is 0 Å². The van der Waals surface area contributed by atoms with Crippen molar-refractivity contribution in [2.45, 2.75) is 37.8 Å². The van der Waals surface area contributed by atoms with Crippen LogP contribution in [0.5, 0.6) is 0 Å². The minimum atomic E-state index is -4.33. The summed E-state index contributed by atoms with van der Waals surface area (Å²) >= 11 is 6.06. The number of alkyl halides is 3. The topological polar surface area (TPSA) is 44.4 Å². The van der Waals surface area contributed by atoms with Gasteiger partial charge in [0.2, 0.25) is 5.91 Å². The van der Waals surface area contributed by atoms with Crippen LogP contribution in [0.3, 0.4) is 0 Å². The molecule has 1 amide bonds. The zero-order valence-corrected chi connectivity index (χ0v) is 16.7. The summed E-state index contributed by atoms with van der Waals surface area (Å²) in [4.78, 5) is 14.4. The van der Waals surface area contributed by atoms with Crippen molar-refractivity contribution < 1.29 is 18.0 Å². The first kappa shape index (κ1) is 21.6. The van der Waals surface area contributed by atoms with E-state index in [-0.39, 0.29) is 18.0 Å². The number of nitrogens with one attached hydrogen (secondary N) is 2. The van der Waals surface area contributed by atoms with Crippen LogP contribution in [0.4, 0.5) is 13.2 Å². The standard InChI is InChI=1S/C21H23ClF3N3O/c1-26-20(29)19-10-18(13-28(19)12-15-3-2-4-17(22)9-15)27-11-14-5-7-16(8-6-14)21(23,24)25/h2-9,18-19,27H,10-13H2,1H3,(H,26,29)/t18-,19+/m1/s1. The molecule has 1 aliphatic rings. The van der Waals surface area contributed by atoms with Crippen LogP contribution < -0.4 is 10.6 Å². The number of halogens is 4. The number of benzene rings is 2. The second-order valence-corrected chi connectivity index (χ2v) is 7.63. The molecule has 0 spiro atoms. The monoisotopic (exact) mass is 425 g/mol. The Hall–Kier alpha value is -2.09. The Balaban J connectivity index is 1.62. The van der Waals surface area contributed by atoms with Crippen molar-refractivity contribution in [1.29, 1.82) is 0 Å². The molecule has 4 nitrogen and oxygen atoms in total. The molecular weight excluding hydrogens is 403 g/mol. The maximum absolute atomic E-state index is 12.7. The molecule has 0 aromatic heterocycles. The molecule has 1 fully saturated rings. The minimum Gasteiger partial charge on any atom is -0.358 e. The highest BCUT2D eigenvalue weighted by molar-refractivity contribution is 6.30. The maximum Gasteiger partial charge on any atom is 0.416 e. The first-order valence-corrected chi connectivity index (χ1v) is 9.73. The van der Waals surface area contributed by atoms with Crippen LogP contribution in [0.2, 0.25) is 5.02 Å². The Bertz CT molecular complexity index is 842. The average molecular weight is 426 g/mol. The van der Waals surface area contributed by atoms with E-state index in [4.69, 9.17) is 11.6 Å². The largest absolute Gasteiger partial charge is 0.416 e. The lowest BCUT2D eigenvalue weighted by atomic mass is 10.1. The molecule has 0 aliphatic carbocycles. The fourth-order valence-corrected chi connectivity index (χ4v) is 3.82. The van der Waals surface area contributed by atoms with E-state index in [1.165, 1.54) is 12.1 Å². The lowest BCUT2D eigenvalue weighted by Gasteiger charge is -2.23. The number of likely N-dealkylation sites (tertiary alicyclic amines) is 1. The van der Waals surface area contributed by atoms with Crippen LogP contribution in [0.25, 0.3) is 0 Å². The molecule has 8 heteroatoms. The van der Waals surface area contributed by atoms with E-state index in [9.17, 15) is 18.0 Å². The van der Waals surface area contributed by atoms with Crippen molar-refractivity contribution in [1.82, 2.24) is 15.5 Å². The Morgan fingerprint density at radius 3 is 2.52 bits per heavy atom. The summed E-state index contributed by atoms with van der Waals surface area (Å²) in [6, 6.07) is 12.4. The van der Waals surface area contributed by atoms with E-state index in [0.717, 1.165) is 23.3 Å². The zero-order chi connectivity index (χ0) is 21.0. The Labute approximate surface area is 173 Å².